The molecule has 2 heterocycles. The van der Waals surface area contributed by atoms with Gasteiger partial charge in [0, 0.05) is 45.0 Å². The molecular formula is C25H23ClN4O. The van der Waals surface area contributed by atoms with Gasteiger partial charge in [0.2, 0.25) is 5.91 Å². The number of para-hydroxylation sites is 1. The zero-order chi connectivity index (χ0) is 21.2. The zero-order valence-electron chi connectivity index (χ0n) is 17.0. The maximum atomic E-state index is 12.4. The molecule has 1 aliphatic carbocycles. The van der Waals surface area contributed by atoms with E-state index in [1.165, 1.54) is 5.56 Å². The molecule has 5 rings (SSSR count). The van der Waals surface area contributed by atoms with Gasteiger partial charge in [-0.2, -0.15) is 0 Å². The Hall–Kier alpha value is -3.31. The number of H-pyrrole nitrogens is 1. The largest absolute Gasteiger partial charge is 0.367 e. The van der Waals surface area contributed by atoms with Gasteiger partial charge in [0.1, 0.15) is 0 Å². The van der Waals surface area contributed by atoms with Crippen molar-refractivity contribution >= 4 is 51.1 Å². The van der Waals surface area contributed by atoms with E-state index < -0.39 is 0 Å². The summed E-state index contributed by atoms with van der Waals surface area (Å²) in [7, 11) is 0. The van der Waals surface area contributed by atoms with Gasteiger partial charge in [-0.3, -0.25) is 9.78 Å². The molecule has 0 bridgehead atoms. The second-order valence-corrected chi connectivity index (χ2v) is 8.23. The molecule has 2 aromatic carbocycles. The molecule has 0 unspecified atom stereocenters. The standard InChI is InChI=1S/C25H23ClN4O/c26-17-10-11-20-23(13-17)30-22-8-4-2-6-19(22)25(20)29-15-28-24(31)12-9-16-14-27-21-7-3-1-5-18(16)21/h1,3,5,7,9-14,27H,2,4,6,8,15H2,(H,28,31)(H,29,30). The Morgan fingerprint density at radius 2 is 2.00 bits per heavy atom. The molecule has 0 fully saturated rings. The number of halogens is 1. The molecule has 1 amide bonds. The van der Waals surface area contributed by atoms with Crippen LogP contribution in [0.15, 0.2) is 54.7 Å². The van der Waals surface area contributed by atoms with Crippen LogP contribution < -0.4 is 10.6 Å². The van der Waals surface area contributed by atoms with E-state index in [9.17, 15) is 4.79 Å². The lowest BCUT2D eigenvalue weighted by Gasteiger charge is -2.22. The number of amides is 1. The third kappa shape index (κ3) is 4.01. The second-order valence-electron chi connectivity index (χ2n) is 7.80. The first-order valence-electron chi connectivity index (χ1n) is 10.6. The summed E-state index contributed by atoms with van der Waals surface area (Å²) in [6.45, 7) is 0.339. The highest BCUT2D eigenvalue weighted by Gasteiger charge is 2.18. The molecule has 0 saturated heterocycles. The van der Waals surface area contributed by atoms with Gasteiger partial charge in [-0.25, -0.2) is 0 Å². The average molecular weight is 431 g/mol. The van der Waals surface area contributed by atoms with E-state index in [1.54, 1.807) is 6.08 Å². The van der Waals surface area contributed by atoms with Crippen LogP contribution in [0.3, 0.4) is 0 Å². The van der Waals surface area contributed by atoms with Gasteiger partial charge in [0.25, 0.3) is 0 Å². The number of aromatic amines is 1. The number of fused-ring (bicyclic) bond motifs is 3. The summed E-state index contributed by atoms with van der Waals surface area (Å²) in [4.78, 5) is 20.4. The summed E-state index contributed by atoms with van der Waals surface area (Å²) in [5.74, 6) is -0.145. The van der Waals surface area contributed by atoms with Gasteiger partial charge >= 0.3 is 0 Å². The topological polar surface area (TPSA) is 69.8 Å². The van der Waals surface area contributed by atoms with Gasteiger partial charge < -0.3 is 15.6 Å². The Labute approximate surface area is 185 Å². The Morgan fingerprint density at radius 1 is 1.13 bits per heavy atom. The van der Waals surface area contributed by atoms with Gasteiger partial charge in [-0.05, 0) is 67.2 Å². The van der Waals surface area contributed by atoms with Gasteiger partial charge in [0.05, 0.1) is 12.2 Å². The molecule has 0 radical (unpaired) electrons. The van der Waals surface area contributed by atoms with E-state index in [-0.39, 0.29) is 5.91 Å². The average Bonchev–Trinajstić information content (AvgIpc) is 3.20. The lowest BCUT2D eigenvalue weighted by molar-refractivity contribution is -0.116. The Balaban J connectivity index is 1.31. The van der Waals surface area contributed by atoms with Crippen molar-refractivity contribution in [3.63, 3.8) is 0 Å². The van der Waals surface area contributed by atoms with Gasteiger partial charge in [-0.1, -0.05) is 29.8 Å². The van der Waals surface area contributed by atoms with Crippen molar-refractivity contribution in [2.45, 2.75) is 25.7 Å². The van der Waals surface area contributed by atoms with Crippen molar-refractivity contribution < 1.29 is 4.79 Å². The van der Waals surface area contributed by atoms with E-state index in [2.05, 4.69) is 15.6 Å². The smallest absolute Gasteiger partial charge is 0.245 e. The Morgan fingerprint density at radius 3 is 2.94 bits per heavy atom. The van der Waals surface area contributed by atoms with E-state index in [0.717, 1.165) is 64.4 Å². The van der Waals surface area contributed by atoms with Crippen LogP contribution in [0.5, 0.6) is 0 Å². The second kappa shape index (κ2) is 8.44. The molecule has 0 saturated carbocycles. The minimum atomic E-state index is -0.145. The van der Waals surface area contributed by atoms with E-state index >= 15 is 0 Å². The number of hydrogen-bond acceptors (Lipinski definition) is 3. The molecule has 3 N–H and O–H groups in total. The van der Waals surface area contributed by atoms with Crippen LogP contribution in [-0.4, -0.2) is 22.5 Å². The number of rotatable bonds is 5. The van der Waals surface area contributed by atoms with E-state index in [1.807, 2.05) is 54.7 Å². The fraction of sp³-hybridized carbons (Fsp3) is 0.200. The predicted octanol–water partition coefficient (Wildman–Crippen LogP) is 5.45. The SMILES string of the molecule is O=C(C=Cc1c[nH]c2ccccc12)NCNc1c2c(nc3cc(Cl)ccc13)CCCC2. The van der Waals surface area contributed by atoms with E-state index in [0.29, 0.717) is 11.7 Å². The fourth-order valence-corrected chi connectivity index (χ4v) is 4.44. The number of carbonyl (C=O) groups excluding carboxylic acids is 1. The number of aryl methyl sites for hydroxylation is 1. The number of anilines is 1. The zero-order valence-corrected chi connectivity index (χ0v) is 17.8. The minimum Gasteiger partial charge on any atom is -0.367 e. The number of carbonyl (C=O) groups is 1. The van der Waals surface area contributed by atoms with Gasteiger partial charge in [-0.15, -0.1) is 0 Å². The third-order valence-corrected chi connectivity index (χ3v) is 6.02. The van der Waals surface area contributed by atoms with Crippen molar-refractivity contribution in [3.05, 3.63) is 76.6 Å². The quantitative estimate of drug-likeness (QED) is 0.291. The first kappa shape index (κ1) is 19.6. The van der Waals surface area contributed by atoms with Crippen molar-refractivity contribution in [3.8, 4) is 0 Å². The van der Waals surface area contributed by atoms with Crippen molar-refractivity contribution in [1.82, 2.24) is 15.3 Å². The summed E-state index contributed by atoms with van der Waals surface area (Å²) in [5, 5.41) is 9.17. The number of nitrogens with zero attached hydrogens (tertiary/aromatic N) is 1. The predicted molar refractivity (Wildman–Crippen MR) is 127 cm³/mol. The summed E-state index contributed by atoms with van der Waals surface area (Å²) in [6.07, 6.45) is 9.59. The highest BCUT2D eigenvalue weighted by atomic mass is 35.5. The number of aromatic nitrogens is 2. The molecule has 1 aliphatic rings. The Bertz CT molecular complexity index is 1310. The molecular weight excluding hydrogens is 408 g/mol. The van der Waals surface area contributed by atoms with Crippen LogP contribution in [0, 0.1) is 0 Å². The molecule has 31 heavy (non-hydrogen) atoms. The van der Waals surface area contributed by atoms with Crippen LogP contribution in [0.2, 0.25) is 5.02 Å². The summed E-state index contributed by atoms with van der Waals surface area (Å²) >= 11 is 6.19. The molecule has 0 spiro atoms. The van der Waals surface area contributed by atoms with Crippen molar-refractivity contribution in [1.29, 1.82) is 0 Å². The lowest BCUT2D eigenvalue weighted by atomic mass is 9.93. The Kier molecular flexibility index (Phi) is 5.35. The normalized spacial score (nSPS) is 13.6. The number of nitrogens with one attached hydrogen (secondary N) is 3. The summed E-state index contributed by atoms with van der Waals surface area (Å²) < 4.78 is 0. The first-order valence-corrected chi connectivity index (χ1v) is 10.9. The summed E-state index contributed by atoms with van der Waals surface area (Å²) in [5.41, 5.74) is 6.38. The molecule has 6 heteroatoms. The lowest BCUT2D eigenvalue weighted by Crippen LogP contribution is -2.28. The molecule has 2 aromatic heterocycles. The number of benzene rings is 2. The summed E-state index contributed by atoms with van der Waals surface area (Å²) in [6, 6.07) is 13.8. The van der Waals surface area contributed by atoms with Crippen LogP contribution >= 0.6 is 11.6 Å². The molecule has 0 aliphatic heterocycles. The maximum Gasteiger partial charge on any atom is 0.245 e. The molecule has 156 valence electrons. The monoisotopic (exact) mass is 430 g/mol. The first-order chi connectivity index (χ1) is 15.2. The fourth-order valence-electron chi connectivity index (χ4n) is 4.28. The van der Waals surface area contributed by atoms with Gasteiger partial charge in [0.15, 0.2) is 0 Å². The number of pyridine rings is 1. The van der Waals surface area contributed by atoms with Crippen LogP contribution in [0.4, 0.5) is 5.69 Å². The highest BCUT2D eigenvalue weighted by molar-refractivity contribution is 6.31. The maximum absolute atomic E-state index is 12.4. The van der Waals surface area contributed by atoms with Crippen molar-refractivity contribution in [2.24, 2.45) is 0 Å². The van der Waals surface area contributed by atoms with Crippen LogP contribution in [0.25, 0.3) is 27.9 Å². The third-order valence-electron chi connectivity index (χ3n) is 5.79. The highest BCUT2D eigenvalue weighted by Crippen LogP contribution is 2.34. The van der Waals surface area contributed by atoms with Crippen molar-refractivity contribution in [2.75, 3.05) is 12.0 Å². The molecule has 4 aromatic rings. The minimum absolute atomic E-state index is 0.145. The van der Waals surface area contributed by atoms with E-state index in [4.69, 9.17) is 16.6 Å². The number of hydrogen-bond donors (Lipinski definition) is 3. The van der Waals surface area contributed by atoms with Crippen LogP contribution in [0.1, 0.15) is 29.7 Å². The molecule has 0 atom stereocenters. The molecule has 5 nitrogen and oxygen atoms in total. The van der Waals surface area contributed by atoms with Crippen LogP contribution in [-0.2, 0) is 17.6 Å².